The Labute approximate surface area is 100 Å². The largest absolute Gasteiger partial charge is 0.279 e. The average Bonchev–Trinajstić information content (AvgIpc) is 2.01. The first-order valence-corrected chi connectivity index (χ1v) is 5.11. The fraction of sp³-hybridized carbons (Fsp3) is 0.286. The maximum atomic E-state index is 11.0. The molecule has 0 amide bonds. The van der Waals surface area contributed by atoms with Gasteiger partial charge in [0.15, 0.2) is 4.87 Å². The van der Waals surface area contributed by atoms with E-state index in [-0.39, 0.29) is 10.1 Å². The summed E-state index contributed by atoms with van der Waals surface area (Å²) in [7, 11) is 0. The van der Waals surface area contributed by atoms with E-state index in [1.807, 2.05) is 0 Å². The first-order valence-electron chi connectivity index (χ1n) is 3.17. The first-order chi connectivity index (χ1) is 5.88. The fourth-order valence-corrected chi connectivity index (χ4v) is 2.05. The van der Waals surface area contributed by atoms with Crippen LogP contribution in [-0.4, -0.2) is 15.5 Å². The second-order valence-corrected chi connectivity index (χ2v) is 4.70. The molecule has 2 atom stereocenters. The summed E-state index contributed by atoms with van der Waals surface area (Å²) in [6.07, 6.45) is 2.62. The van der Waals surface area contributed by atoms with Gasteiger partial charge in [0, 0.05) is 0 Å². The zero-order valence-electron chi connectivity index (χ0n) is 6.03. The lowest BCUT2D eigenvalue weighted by molar-refractivity contribution is -0.112. The summed E-state index contributed by atoms with van der Waals surface area (Å²) in [5, 5.41) is -1.15. The molecule has 1 aliphatic rings. The molecule has 1 aliphatic carbocycles. The minimum atomic E-state index is -1.50. The van der Waals surface area contributed by atoms with Crippen LogP contribution in [0.1, 0.15) is 0 Å². The Hall–Kier alpha value is 0.600. The van der Waals surface area contributed by atoms with Crippen LogP contribution in [0, 0.1) is 0 Å². The number of carbonyl (C=O) groups is 1. The second-order valence-electron chi connectivity index (χ2n) is 2.45. The number of hydrogen-bond acceptors (Lipinski definition) is 1. The van der Waals surface area contributed by atoms with Gasteiger partial charge in [-0.2, -0.15) is 0 Å². The van der Waals surface area contributed by atoms with Crippen LogP contribution >= 0.6 is 58.0 Å². The minimum Gasteiger partial charge on any atom is -0.279 e. The van der Waals surface area contributed by atoms with Crippen LogP contribution in [0.2, 0.25) is 0 Å². The Kier molecular flexibility index (Phi) is 3.59. The van der Waals surface area contributed by atoms with Crippen LogP contribution in [0.25, 0.3) is 0 Å². The van der Waals surface area contributed by atoms with Gasteiger partial charge in [-0.3, -0.25) is 4.79 Å². The van der Waals surface area contributed by atoms with Crippen molar-refractivity contribution in [1.82, 2.24) is 0 Å². The highest BCUT2D eigenvalue weighted by atomic mass is 35.5. The molecule has 0 bridgehead atoms. The summed E-state index contributed by atoms with van der Waals surface area (Å²) in [5.74, 6) is 0. The molecular formula is C7H3Cl5O. The van der Waals surface area contributed by atoms with E-state index >= 15 is 0 Å². The quantitative estimate of drug-likeness (QED) is 0.530. The summed E-state index contributed by atoms with van der Waals surface area (Å²) in [6.45, 7) is 0. The monoisotopic (exact) mass is 278 g/mol. The summed E-state index contributed by atoms with van der Waals surface area (Å²) >= 11 is 28.2. The average molecular weight is 280 g/mol. The molecule has 6 heteroatoms. The maximum absolute atomic E-state index is 11.0. The van der Waals surface area contributed by atoms with Crippen LogP contribution in [-0.2, 0) is 4.79 Å². The van der Waals surface area contributed by atoms with Crippen molar-refractivity contribution < 1.29 is 4.79 Å². The van der Waals surface area contributed by atoms with Gasteiger partial charge in [-0.25, -0.2) is 0 Å². The van der Waals surface area contributed by atoms with Crippen molar-refractivity contribution in [2.24, 2.45) is 0 Å². The Morgan fingerprint density at radius 1 is 1.38 bits per heavy atom. The predicted octanol–water partition coefficient (Wildman–Crippen LogP) is 3.60. The molecule has 1 nitrogen and oxygen atoms in total. The lowest BCUT2D eigenvalue weighted by atomic mass is 10.0. The lowest BCUT2D eigenvalue weighted by Gasteiger charge is -2.26. The molecule has 0 aromatic rings. The minimum absolute atomic E-state index is 0.169. The summed E-state index contributed by atoms with van der Waals surface area (Å²) in [6, 6.07) is 0. The molecule has 0 fully saturated rings. The standard InChI is InChI=1S/C7H3Cl5O/c8-3-1-5(10)7(12,6(11)13)2-4(3)9/h1-2,5H. The number of alkyl halides is 2. The van der Waals surface area contributed by atoms with Crippen molar-refractivity contribution in [3.63, 3.8) is 0 Å². The highest BCUT2D eigenvalue weighted by Crippen LogP contribution is 2.39. The first kappa shape index (κ1) is 11.7. The third-order valence-corrected chi connectivity index (χ3v) is 3.81. The molecule has 0 saturated heterocycles. The summed E-state index contributed by atoms with van der Waals surface area (Å²) in [5.41, 5.74) is 0. The van der Waals surface area contributed by atoms with E-state index in [0.29, 0.717) is 0 Å². The number of hydrogen-bond donors (Lipinski definition) is 0. The molecule has 2 unspecified atom stereocenters. The summed E-state index contributed by atoms with van der Waals surface area (Å²) in [4.78, 5) is 9.46. The number of halogens is 5. The Morgan fingerprint density at radius 3 is 2.38 bits per heavy atom. The molecule has 72 valence electrons. The highest BCUT2D eigenvalue weighted by Gasteiger charge is 2.42. The van der Waals surface area contributed by atoms with E-state index in [9.17, 15) is 4.79 Å². The summed E-state index contributed by atoms with van der Waals surface area (Å²) < 4.78 is 0. The van der Waals surface area contributed by atoms with Crippen LogP contribution < -0.4 is 0 Å². The highest BCUT2D eigenvalue weighted by molar-refractivity contribution is 6.72. The topological polar surface area (TPSA) is 17.1 Å². The molecule has 13 heavy (non-hydrogen) atoms. The van der Waals surface area contributed by atoms with Crippen molar-refractivity contribution in [2.75, 3.05) is 0 Å². The fourth-order valence-electron chi connectivity index (χ4n) is 0.827. The Balaban J connectivity index is 3.12. The van der Waals surface area contributed by atoms with Crippen LogP contribution in [0.15, 0.2) is 22.2 Å². The zero-order valence-corrected chi connectivity index (χ0v) is 9.81. The van der Waals surface area contributed by atoms with Gasteiger partial charge in [-0.1, -0.05) is 23.2 Å². The van der Waals surface area contributed by atoms with Gasteiger partial charge < -0.3 is 0 Å². The molecule has 0 aromatic carbocycles. The molecule has 0 heterocycles. The Morgan fingerprint density at radius 2 is 1.92 bits per heavy atom. The van der Waals surface area contributed by atoms with Gasteiger partial charge in [-0.05, 0) is 23.8 Å². The molecule has 0 aliphatic heterocycles. The lowest BCUT2D eigenvalue weighted by Crippen LogP contribution is -2.38. The van der Waals surface area contributed by atoms with Crippen molar-refractivity contribution in [1.29, 1.82) is 0 Å². The van der Waals surface area contributed by atoms with Crippen molar-refractivity contribution >= 4 is 63.2 Å². The van der Waals surface area contributed by atoms with Crippen molar-refractivity contribution in [3.8, 4) is 0 Å². The van der Waals surface area contributed by atoms with E-state index < -0.39 is 15.5 Å². The molecular weight excluding hydrogens is 277 g/mol. The SMILES string of the molecule is O=C(Cl)C1(Cl)C=C(Cl)C(Cl)=CC1Cl. The van der Waals surface area contributed by atoms with E-state index in [1.54, 1.807) is 0 Å². The van der Waals surface area contributed by atoms with Crippen LogP contribution in [0.5, 0.6) is 0 Å². The molecule has 0 N–H and O–H groups in total. The van der Waals surface area contributed by atoms with E-state index in [1.165, 1.54) is 12.2 Å². The number of allylic oxidation sites excluding steroid dienone is 4. The van der Waals surface area contributed by atoms with Gasteiger partial charge in [0.05, 0.1) is 15.4 Å². The normalized spacial score (nSPS) is 33.8. The van der Waals surface area contributed by atoms with E-state index in [4.69, 9.17) is 58.0 Å². The molecule has 1 rings (SSSR count). The predicted molar refractivity (Wildman–Crippen MR) is 57.0 cm³/mol. The maximum Gasteiger partial charge on any atom is 0.248 e. The third kappa shape index (κ3) is 2.16. The molecule has 0 aromatic heterocycles. The van der Waals surface area contributed by atoms with Gasteiger partial charge in [0.2, 0.25) is 5.24 Å². The van der Waals surface area contributed by atoms with Gasteiger partial charge in [0.25, 0.3) is 0 Å². The molecule has 0 saturated carbocycles. The van der Waals surface area contributed by atoms with E-state index in [0.717, 1.165) is 0 Å². The smallest absolute Gasteiger partial charge is 0.248 e. The third-order valence-electron chi connectivity index (χ3n) is 1.56. The Bertz CT molecular complexity index is 308. The van der Waals surface area contributed by atoms with Crippen molar-refractivity contribution in [2.45, 2.75) is 10.3 Å². The van der Waals surface area contributed by atoms with Gasteiger partial charge >= 0.3 is 0 Å². The van der Waals surface area contributed by atoms with E-state index in [2.05, 4.69) is 0 Å². The van der Waals surface area contributed by atoms with Gasteiger partial charge in [0.1, 0.15) is 0 Å². The zero-order chi connectivity index (χ0) is 10.2. The molecule has 0 spiro atoms. The van der Waals surface area contributed by atoms with Crippen molar-refractivity contribution in [3.05, 3.63) is 22.2 Å². The number of carbonyl (C=O) groups excluding carboxylic acids is 1. The second kappa shape index (κ2) is 4.00. The van der Waals surface area contributed by atoms with Gasteiger partial charge in [-0.15, -0.1) is 23.2 Å². The molecule has 0 radical (unpaired) electrons. The number of rotatable bonds is 1. The van der Waals surface area contributed by atoms with Crippen LogP contribution in [0.4, 0.5) is 0 Å². The van der Waals surface area contributed by atoms with Crippen LogP contribution in [0.3, 0.4) is 0 Å².